The summed E-state index contributed by atoms with van der Waals surface area (Å²) < 4.78 is 16.8. The summed E-state index contributed by atoms with van der Waals surface area (Å²) in [6, 6.07) is 16.6. The fourth-order valence-corrected chi connectivity index (χ4v) is 4.10. The largest absolute Gasteiger partial charge is 0.497 e. The van der Waals surface area contributed by atoms with Crippen LogP contribution in [0.1, 0.15) is 5.56 Å². The molecule has 1 fully saturated rings. The fraction of sp³-hybridized carbons (Fsp3) is 0.250. The first kappa shape index (κ1) is 26.1. The van der Waals surface area contributed by atoms with Gasteiger partial charge >= 0.3 is 0 Å². The highest BCUT2D eigenvalue weighted by Gasteiger charge is 2.31. The van der Waals surface area contributed by atoms with Gasteiger partial charge in [-0.15, -0.1) is 12.4 Å². The molecule has 11 heteroatoms. The van der Waals surface area contributed by atoms with E-state index in [0.717, 1.165) is 28.8 Å². The maximum absolute atomic E-state index is 11.7. The molecule has 1 N–H and O–H groups in total. The molecule has 2 amide bonds. The third-order valence-corrected chi connectivity index (χ3v) is 6.09. The van der Waals surface area contributed by atoms with Gasteiger partial charge in [0.2, 0.25) is 11.8 Å². The predicted octanol–water partition coefficient (Wildman–Crippen LogP) is 4.11. The molecule has 1 atom stereocenters. The number of amides is 2. The van der Waals surface area contributed by atoms with E-state index in [1.54, 1.807) is 13.2 Å². The molecule has 184 valence electrons. The molecule has 0 bridgehead atoms. The maximum Gasteiger partial charge on any atom is 0.286 e. The van der Waals surface area contributed by atoms with Crippen LogP contribution in [0.5, 0.6) is 23.1 Å². The Labute approximate surface area is 213 Å². The lowest BCUT2D eigenvalue weighted by atomic mass is 10.1. The summed E-state index contributed by atoms with van der Waals surface area (Å²) >= 11 is 1.03. The van der Waals surface area contributed by atoms with Crippen molar-refractivity contribution < 1.29 is 23.8 Å². The molecule has 4 rings (SSSR count). The van der Waals surface area contributed by atoms with Crippen LogP contribution < -0.4 is 24.4 Å². The summed E-state index contributed by atoms with van der Waals surface area (Å²) in [5.74, 6) is 3.04. The van der Waals surface area contributed by atoms with E-state index >= 15 is 0 Å². The van der Waals surface area contributed by atoms with Crippen LogP contribution in [0.4, 0.5) is 10.6 Å². The number of thioether (sulfide) groups is 1. The number of hydrogen-bond acceptors (Lipinski definition) is 9. The number of imide groups is 1. The van der Waals surface area contributed by atoms with Gasteiger partial charge in [0.15, 0.2) is 0 Å². The van der Waals surface area contributed by atoms with Crippen LogP contribution in [0.25, 0.3) is 0 Å². The first-order valence-corrected chi connectivity index (χ1v) is 11.5. The van der Waals surface area contributed by atoms with Crippen molar-refractivity contribution in [3.8, 4) is 23.1 Å². The lowest BCUT2D eigenvalue weighted by Gasteiger charge is -2.18. The molecular formula is C24H25ClN4O5S. The van der Waals surface area contributed by atoms with Gasteiger partial charge in [-0.2, -0.15) is 0 Å². The molecule has 2 heterocycles. The Bertz CT molecular complexity index is 1150. The molecule has 1 aliphatic heterocycles. The highest BCUT2D eigenvalue weighted by atomic mass is 35.5. The lowest BCUT2D eigenvalue weighted by Crippen LogP contribution is -2.25. The second-order valence-corrected chi connectivity index (χ2v) is 8.67. The number of carbonyl (C=O) groups excluding carboxylic acids is 2. The van der Waals surface area contributed by atoms with Crippen LogP contribution in [0.2, 0.25) is 0 Å². The molecule has 1 aromatic heterocycles. The quantitative estimate of drug-likeness (QED) is 0.426. The molecule has 0 saturated carbocycles. The number of hydrogen-bond donors (Lipinski definition) is 1. The van der Waals surface area contributed by atoms with Crippen LogP contribution in [0.3, 0.4) is 0 Å². The maximum atomic E-state index is 11.7. The van der Waals surface area contributed by atoms with E-state index in [2.05, 4.69) is 15.3 Å². The van der Waals surface area contributed by atoms with Gasteiger partial charge < -0.3 is 19.1 Å². The highest BCUT2D eigenvalue weighted by molar-refractivity contribution is 8.15. The Kier molecular flexibility index (Phi) is 9.16. The Morgan fingerprint density at radius 1 is 1.00 bits per heavy atom. The van der Waals surface area contributed by atoms with E-state index in [1.165, 1.54) is 6.33 Å². The van der Waals surface area contributed by atoms with Crippen molar-refractivity contribution in [2.24, 2.45) is 0 Å². The third kappa shape index (κ3) is 7.24. The zero-order valence-corrected chi connectivity index (χ0v) is 20.8. The van der Waals surface area contributed by atoms with Crippen LogP contribution in [-0.2, 0) is 11.2 Å². The number of carbonyl (C=O) groups is 2. The number of aromatic nitrogens is 2. The van der Waals surface area contributed by atoms with Crippen LogP contribution in [-0.4, -0.2) is 53.7 Å². The molecule has 35 heavy (non-hydrogen) atoms. The minimum absolute atomic E-state index is 0. The van der Waals surface area contributed by atoms with E-state index in [9.17, 15) is 9.59 Å². The topological polar surface area (TPSA) is 103 Å². The van der Waals surface area contributed by atoms with Gasteiger partial charge in [0.1, 0.15) is 36.0 Å². The van der Waals surface area contributed by atoms with Crippen molar-refractivity contribution >= 4 is 41.1 Å². The first-order valence-electron chi connectivity index (χ1n) is 10.6. The number of ether oxygens (including phenoxy) is 3. The summed E-state index contributed by atoms with van der Waals surface area (Å²) in [6.07, 6.45) is 1.96. The van der Waals surface area contributed by atoms with E-state index in [4.69, 9.17) is 14.2 Å². The molecule has 3 aromatic rings. The molecular weight excluding hydrogens is 492 g/mol. The van der Waals surface area contributed by atoms with Crippen molar-refractivity contribution in [2.75, 3.05) is 32.2 Å². The van der Waals surface area contributed by atoms with Crippen molar-refractivity contribution in [1.82, 2.24) is 15.3 Å². The molecule has 0 aliphatic carbocycles. The number of methoxy groups -OCH3 is 1. The Hall–Kier alpha value is -3.50. The number of likely N-dealkylation sites (N-methyl/N-ethyl adjacent to an activating group) is 1. The smallest absolute Gasteiger partial charge is 0.286 e. The molecule has 9 nitrogen and oxygen atoms in total. The summed E-state index contributed by atoms with van der Waals surface area (Å²) in [5.41, 5.74) is 0.970. The normalized spacial score (nSPS) is 14.6. The minimum Gasteiger partial charge on any atom is -0.497 e. The standard InChI is InChI=1S/C24H24N4O5S.ClH/c1-28(21-14-22(26-15-25-21)33-19-9-7-17(31-2)8-10-19)11-12-32-18-5-3-16(4-6-18)13-20-23(29)27-24(30)34-20;/h3-10,14-15,20H,11-13H2,1-2H3,(H,27,29,30);1H/t20-;/m1./s1. The molecule has 0 radical (unpaired) electrons. The van der Waals surface area contributed by atoms with Gasteiger partial charge in [0.05, 0.1) is 18.9 Å². The van der Waals surface area contributed by atoms with Gasteiger partial charge in [-0.05, 0) is 48.4 Å². The van der Waals surface area contributed by atoms with Gasteiger partial charge in [0.25, 0.3) is 5.24 Å². The fourth-order valence-electron chi connectivity index (χ4n) is 3.24. The first-order chi connectivity index (χ1) is 16.5. The zero-order valence-electron chi connectivity index (χ0n) is 19.2. The van der Waals surface area contributed by atoms with Gasteiger partial charge in [-0.25, -0.2) is 9.97 Å². The zero-order chi connectivity index (χ0) is 23.9. The summed E-state index contributed by atoms with van der Waals surface area (Å²) in [7, 11) is 3.53. The van der Waals surface area contributed by atoms with Crippen molar-refractivity contribution in [1.29, 1.82) is 0 Å². The number of anilines is 1. The summed E-state index contributed by atoms with van der Waals surface area (Å²) in [6.45, 7) is 1.05. The number of halogens is 1. The third-order valence-electron chi connectivity index (χ3n) is 5.11. The number of nitrogens with one attached hydrogen (secondary N) is 1. The Morgan fingerprint density at radius 3 is 2.34 bits per heavy atom. The van der Waals surface area contributed by atoms with Gasteiger partial charge in [-0.1, -0.05) is 23.9 Å². The Morgan fingerprint density at radius 2 is 1.69 bits per heavy atom. The average molecular weight is 517 g/mol. The van der Waals surface area contributed by atoms with Crippen molar-refractivity contribution in [3.63, 3.8) is 0 Å². The van der Waals surface area contributed by atoms with Crippen LogP contribution >= 0.6 is 24.2 Å². The highest BCUT2D eigenvalue weighted by Crippen LogP contribution is 2.25. The predicted molar refractivity (Wildman–Crippen MR) is 136 cm³/mol. The molecule has 2 aromatic carbocycles. The van der Waals surface area contributed by atoms with Crippen molar-refractivity contribution in [2.45, 2.75) is 11.7 Å². The van der Waals surface area contributed by atoms with Gasteiger partial charge in [-0.3, -0.25) is 14.9 Å². The van der Waals surface area contributed by atoms with E-state index in [-0.39, 0.29) is 28.8 Å². The molecule has 1 aliphatic rings. The monoisotopic (exact) mass is 516 g/mol. The van der Waals surface area contributed by atoms with Crippen LogP contribution in [0, 0.1) is 0 Å². The number of rotatable bonds is 10. The molecule has 0 spiro atoms. The molecule has 1 saturated heterocycles. The number of benzene rings is 2. The van der Waals surface area contributed by atoms with Crippen LogP contribution in [0.15, 0.2) is 60.9 Å². The summed E-state index contributed by atoms with van der Waals surface area (Å²) in [4.78, 5) is 33.4. The van der Waals surface area contributed by atoms with E-state index < -0.39 is 0 Å². The van der Waals surface area contributed by atoms with E-state index in [0.29, 0.717) is 37.0 Å². The summed E-state index contributed by atoms with van der Waals surface area (Å²) in [5, 5.41) is 1.64. The second-order valence-electron chi connectivity index (χ2n) is 7.49. The average Bonchev–Trinajstić information content (AvgIpc) is 3.17. The SMILES string of the molecule is COc1ccc(Oc2cc(N(C)CCOc3ccc(C[C@H]4SC(=O)NC4=O)cc3)ncn2)cc1.Cl. The van der Waals surface area contributed by atoms with E-state index in [1.807, 2.05) is 60.5 Å². The van der Waals surface area contributed by atoms with Gasteiger partial charge in [0, 0.05) is 13.1 Å². The van der Waals surface area contributed by atoms with Crippen molar-refractivity contribution in [3.05, 3.63) is 66.5 Å². The second kappa shape index (κ2) is 12.3. The Balaban J connectivity index is 0.00000342. The molecule has 0 unspecified atom stereocenters. The number of nitrogens with zero attached hydrogens (tertiary/aromatic N) is 3. The lowest BCUT2D eigenvalue weighted by molar-refractivity contribution is -0.118. The minimum atomic E-state index is -0.376.